The minimum Gasteiger partial charge on any atom is -0.454 e. The Balaban J connectivity index is 1.59. The lowest BCUT2D eigenvalue weighted by atomic mass is 10.1. The molecule has 0 saturated carbocycles. The number of aromatic nitrogens is 1. The predicted molar refractivity (Wildman–Crippen MR) is 117 cm³/mol. The molecular weight excluding hydrogens is 396 g/mol. The van der Waals surface area contributed by atoms with Crippen molar-refractivity contribution in [3.8, 4) is 0 Å². The average Bonchev–Trinajstić information content (AvgIpc) is 3.05. The molecule has 0 saturated heterocycles. The van der Waals surface area contributed by atoms with Crippen molar-refractivity contribution in [1.82, 2.24) is 4.57 Å². The van der Waals surface area contributed by atoms with E-state index >= 15 is 0 Å². The van der Waals surface area contributed by atoms with E-state index in [2.05, 4.69) is 4.57 Å². The Kier molecular flexibility index (Phi) is 6.77. The zero-order chi connectivity index (χ0) is 22.4. The smallest absolute Gasteiger partial charge is 0.331 e. The molecule has 0 fully saturated rings. The largest absolute Gasteiger partial charge is 0.454 e. The van der Waals surface area contributed by atoms with Crippen molar-refractivity contribution in [2.75, 3.05) is 6.61 Å². The normalized spacial score (nSPS) is 10.9. The maximum atomic E-state index is 12.6. The third-order valence-corrected chi connectivity index (χ3v) is 4.92. The highest BCUT2D eigenvalue weighted by Crippen LogP contribution is 2.18. The zero-order valence-corrected chi connectivity index (χ0v) is 17.3. The van der Waals surface area contributed by atoms with Crippen LogP contribution in [0, 0.1) is 24.0 Å². The van der Waals surface area contributed by atoms with Crippen molar-refractivity contribution in [3.05, 3.63) is 105 Å². The number of benzene rings is 2. The molecule has 0 aliphatic heterocycles. The molecule has 0 radical (unpaired) electrons. The van der Waals surface area contributed by atoms with Gasteiger partial charge in [-0.25, -0.2) is 4.79 Å². The number of aryl methyl sites for hydroxylation is 1. The molecule has 31 heavy (non-hydrogen) atoms. The number of nitrogens with zero attached hydrogens (tertiary/aromatic N) is 2. The molecule has 158 valence electrons. The number of nitro benzene ring substituents is 1. The van der Waals surface area contributed by atoms with E-state index in [0.29, 0.717) is 17.7 Å². The summed E-state index contributed by atoms with van der Waals surface area (Å²) in [5, 5.41) is 10.7. The highest BCUT2D eigenvalue weighted by Gasteiger charge is 2.17. The monoisotopic (exact) mass is 418 g/mol. The second-order valence-corrected chi connectivity index (χ2v) is 7.07. The van der Waals surface area contributed by atoms with Crippen LogP contribution in [-0.4, -0.2) is 27.8 Å². The molecule has 7 nitrogen and oxygen atoms in total. The number of ketones is 1. The summed E-state index contributed by atoms with van der Waals surface area (Å²) in [7, 11) is 0. The first-order chi connectivity index (χ1) is 14.8. The number of non-ortho nitro benzene ring substituents is 1. The molecule has 1 heterocycles. The first-order valence-corrected chi connectivity index (χ1v) is 9.68. The van der Waals surface area contributed by atoms with Crippen LogP contribution in [0.3, 0.4) is 0 Å². The maximum Gasteiger partial charge on any atom is 0.331 e. The van der Waals surface area contributed by atoms with Crippen LogP contribution in [0.5, 0.6) is 0 Å². The van der Waals surface area contributed by atoms with Crippen LogP contribution >= 0.6 is 0 Å². The van der Waals surface area contributed by atoms with Gasteiger partial charge in [0, 0.05) is 41.7 Å². The fourth-order valence-corrected chi connectivity index (χ4v) is 3.23. The highest BCUT2D eigenvalue weighted by molar-refractivity contribution is 6.00. The van der Waals surface area contributed by atoms with E-state index in [1.807, 2.05) is 44.2 Å². The summed E-state index contributed by atoms with van der Waals surface area (Å²) in [6.45, 7) is 4.10. The quantitative estimate of drug-likeness (QED) is 0.177. The van der Waals surface area contributed by atoms with Crippen LogP contribution in [0.15, 0.2) is 66.7 Å². The van der Waals surface area contributed by atoms with E-state index < -0.39 is 10.9 Å². The number of nitro groups is 1. The maximum absolute atomic E-state index is 12.6. The molecular formula is C24H22N2O5. The Morgan fingerprint density at radius 1 is 1.06 bits per heavy atom. The summed E-state index contributed by atoms with van der Waals surface area (Å²) < 4.78 is 7.13. The van der Waals surface area contributed by atoms with Crippen LogP contribution < -0.4 is 0 Å². The minimum atomic E-state index is -0.662. The Morgan fingerprint density at radius 3 is 2.39 bits per heavy atom. The van der Waals surface area contributed by atoms with Crippen LogP contribution in [0.4, 0.5) is 5.69 Å². The SMILES string of the molecule is Cc1cc(C(=O)COC(=O)/C=C/c2ccc([N+](=O)[O-])cc2)c(C)n1Cc1ccccc1. The number of carbonyl (C=O) groups excluding carboxylic acids is 2. The van der Waals surface area contributed by atoms with Gasteiger partial charge in [-0.05, 0) is 49.2 Å². The number of rotatable bonds is 8. The second kappa shape index (κ2) is 9.67. The highest BCUT2D eigenvalue weighted by atomic mass is 16.6. The molecule has 0 aliphatic carbocycles. The van der Waals surface area contributed by atoms with E-state index in [-0.39, 0.29) is 18.1 Å². The molecule has 0 N–H and O–H groups in total. The van der Waals surface area contributed by atoms with Gasteiger partial charge in [-0.2, -0.15) is 0 Å². The Hall–Kier alpha value is -4.00. The van der Waals surface area contributed by atoms with Gasteiger partial charge in [0.25, 0.3) is 5.69 Å². The Morgan fingerprint density at radius 2 is 1.74 bits per heavy atom. The molecule has 0 spiro atoms. The third-order valence-electron chi connectivity index (χ3n) is 4.92. The van der Waals surface area contributed by atoms with E-state index in [4.69, 9.17) is 4.74 Å². The summed E-state index contributed by atoms with van der Waals surface area (Å²) in [6, 6.07) is 17.5. The van der Waals surface area contributed by atoms with E-state index in [1.165, 1.54) is 36.4 Å². The fraction of sp³-hybridized carbons (Fsp3) is 0.167. The fourth-order valence-electron chi connectivity index (χ4n) is 3.23. The van der Waals surface area contributed by atoms with Crippen molar-refractivity contribution in [3.63, 3.8) is 0 Å². The van der Waals surface area contributed by atoms with Gasteiger partial charge in [0.05, 0.1) is 4.92 Å². The average molecular weight is 418 g/mol. The van der Waals surface area contributed by atoms with Crippen LogP contribution in [0.2, 0.25) is 0 Å². The lowest BCUT2D eigenvalue weighted by Gasteiger charge is -2.10. The van der Waals surface area contributed by atoms with E-state index in [1.54, 1.807) is 6.07 Å². The number of ether oxygens (including phenoxy) is 1. The first-order valence-electron chi connectivity index (χ1n) is 9.68. The van der Waals surface area contributed by atoms with Gasteiger partial charge in [-0.1, -0.05) is 30.3 Å². The van der Waals surface area contributed by atoms with Gasteiger partial charge < -0.3 is 9.30 Å². The summed E-state index contributed by atoms with van der Waals surface area (Å²) >= 11 is 0. The van der Waals surface area contributed by atoms with Gasteiger partial charge in [0.1, 0.15) is 0 Å². The molecule has 0 aliphatic rings. The van der Waals surface area contributed by atoms with Crippen LogP contribution in [0.25, 0.3) is 6.08 Å². The summed E-state index contributed by atoms with van der Waals surface area (Å²) in [6.07, 6.45) is 2.66. The van der Waals surface area contributed by atoms with Gasteiger partial charge in [0.2, 0.25) is 5.78 Å². The van der Waals surface area contributed by atoms with Crippen molar-refractivity contribution >= 4 is 23.5 Å². The lowest BCUT2D eigenvalue weighted by Crippen LogP contribution is -2.13. The van der Waals surface area contributed by atoms with Gasteiger partial charge in [-0.15, -0.1) is 0 Å². The van der Waals surface area contributed by atoms with Crippen molar-refractivity contribution in [1.29, 1.82) is 0 Å². The van der Waals surface area contributed by atoms with Gasteiger partial charge >= 0.3 is 5.97 Å². The minimum absolute atomic E-state index is 0.0322. The number of carbonyl (C=O) groups is 2. The molecule has 1 aromatic heterocycles. The van der Waals surface area contributed by atoms with Crippen LogP contribution in [-0.2, 0) is 16.1 Å². The molecule has 3 aromatic rings. The van der Waals surface area contributed by atoms with Crippen molar-refractivity contribution in [2.45, 2.75) is 20.4 Å². The van der Waals surface area contributed by atoms with Crippen molar-refractivity contribution in [2.24, 2.45) is 0 Å². The molecule has 3 rings (SSSR count). The Labute approximate surface area is 179 Å². The zero-order valence-electron chi connectivity index (χ0n) is 17.3. The first kappa shape index (κ1) is 21.7. The topological polar surface area (TPSA) is 91.4 Å². The second-order valence-electron chi connectivity index (χ2n) is 7.07. The molecule has 0 bridgehead atoms. The molecule has 0 atom stereocenters. The lowest BCUT2D eigenvalue weighted by molar-refractivity contribution is -0.384. The van der Waals surface area contributed by atoms with E-state index in [9.17, 15) is 19.7 Å². The number of hydrogen-bond donors (Lipinski definition) is 0. The summed E-state index contributed by atoms with van der Waals surface area (Å²) in [5.74, 6) is -0.936. The van der Waals surface area contributed by atoms with Crippen LogP contribution in [0.1, 0.15) is 32.9 Å². The van der Waals surface area contributed by atoms with Crippen molar-refractivity contribution < 1.29 is 19.2 Å². The summed E-state index contributed by atoms with van der Waals surface area (Å²) in [4.78, 5) is 34.7. The van der Waals surface area contributed by atoms with E-state index in [0.717, 1.165) is 17.0 Å². The number of Topliss-reactive ketones (excluding diaryl/α,β-unsaturated/α-hetero) is 1. The molecule has 0 unspecified atom stereocenters. The predicted octanol–water partition coefficient (Wildman–Crippen LogP) is 4.50. The standard InChI is InChI=1S/C24H22N2O5/c1-17-14-22(18(2)25(17)15-20-6-4-3-5-7-20)23(27)16-31-24(28)13-10-19-8-11-21(12-9-19)26(29)30/h3-14H,15-16H2,1-2H3/b13-10+. The third kappa shape index (κ3) is 5.54. The summed E-state index contributed by atoms with van der Waals surface area (Å²) in [5.41, 5.74) is 4.01. The molecule has 2 aromatic carbocycles. The molecule has 0 amide bonds. The number of esters is 1. The molecule has 7 heteroatoms. The van der Waals surface area contributed by atoms with Gasteiger partial charge in [0.15, 0.2) is 6.61 Å². The number of hydrogen-bond acceptors (Lipinski definition) is 5. The Bertz CT molecular complexity index is 1130. The van der Waals surface area contributed by atoms with Gasteiger partial charge in [-0.3, -0.25) is 14.9 Å².